The van der Waals surface area contributed by atoms with Gasteiger partial charge in [0.1, 0.15) is 5.82 Å². The van der Waals surface area contributed by atoms with Gasteiger partial charge in [-0.15, -0.1) is 0 Å². The van der Waals surface area contributed by atoms with Gasteiger partial charge in [0.05, 0.1) is 16.9 Å². The van der Waals surface area contributed by atoms with Crippen LogP contribution in [0.1, 0.15) is 28.9 Å². The van der Waals surface area contributed by atoms with E-state index in [1.54, 1.807) is 31.0 Å². The molecule has 1 unspecified atom stereocenters. The minimum atomic E-state index is -0.957. The molecule has 0 spiro atoms. The Bertz CT molecular complexity index is 715. The molecule has 0 radical (unpaired) electrons. The lowest BCUT2D eigenvalue weighted by Crippen LogP contribution is -2.54. The van der Waals surface area contributed by atoms with Crippen molar-refractivity contribution in [3.63, 3.8) is 0 Å². The van der Waals surface area contributed by atoms with Crippen molar-refractivity contribution in [2.45, 2.75) is 25.4 Å². The van der Waals surface area contributed by atoms with Crippen LogP contribution >= 0.6 is 0 Å². The Morgan fingerprint density at radius 2 is 2.29 bits per heavy atom. The van der Waals surface area contributed by atoms with E-state index in [9.17, 15) is 9.90 Å². The number of nitrogens with one attached hydrogen (secondary N) is 1. The van der Waals surface area contributed by atoms with Gasteiger partial charge in [-0.05, 0) is 31.9 Å². The molecule has 1 saturated heterocycles. The van der Waals surface area contributed by atoms with Crippen LogP contribution in [-0.2, 0) is 7.05 Å². The summed E-state index contributed by atoms with van der Waals surface area (Å²) >= 11 is 0. The zero-order valence-corrected chi connectivity index (χ0v) is 14.1. The number of pyridine rings is 1. The molecule has 1 aliphatic heterocycles. The lowest BCUT2D eigenvalue weighted by atomic mass is 9.92. The van der Waals surface area contributed by atoms with Gasteiger partial charge in [0.25, 0.3) is 5.91 Å². The number of piperidine rings is 1. The molecular formula is C17H23N5O2. The number of carbonyl (C=O) groups excluding carboxylic acids is 1. The topological polar surface area (TPSA) is 83.3 Å². The van der Waals surface area contributed by atoms with Crippen molar-refractivity contribution in [3.05, 3.63) is 41.9 Å². The van der Waals surface area contributed by atoms with Gasteiger partial charge in [0.15, 0.2) is 0 Å². The highest BCUT2D eigenvalue weighted by atomic mass is 16.3. The van der Waals surface area contributed by atoms with Gasteiger partial charge in [-0.25, -0.2) is 4.98 Å². The molecule has 0 aliphatic carbocycles. The monoisotopic (exact) mass is 329 g/mol. The lowest BCUT2D eigenvalue weighted by molar-refractivity contribution is 0.0254. The van der Waals surface area contributed by atoms with E-state index in [1.165, 1.54) is 0 Å². The Morgan fingerprint density at radius 3 is 2.96 bits per heavy atom. The molecule has 1 atom stereocenters. The Kier molecular flexibility index (Phi) is 4.53. The van der Waals surface area contributed by atoms with E-state index < -0.39 is 5.60 Å². The number of aromatic nitrogens is 3. The van der Waals surface area contributed by atoms with Crippen molar-refractivity contribution in [2.75, 3.05) is 24.5 Å². The summed E-state index contributed by atoms with van der Waals surface area (Å²) in [4.78, 5) is 18.7. The molecule has 2 N–H and O–H groups in total. The standard InChI is InChI=1S/C17H23N5O2/c1-13-14(10-21(2)20-13)16(23)19-11-17(24)7-5-9-22(12-17)15-6-3-4-8-18-15/h3-4,6,8,10,24H,5,7,9,11-12H2,1-2H3,(H,19,23). The van der Waals surface area contributed by atoms with Crippen molar-refractivity contribution in [1.29, 1.82) is 0 Å². The highest BCUT2D eigenvalue weighted by Gasteiger charge is 2.34. The maximum absolute atomic E-state index is 12.3. The number of amides is 1. The highest BCUT2D eigenvalue weighted by Crippen LogP contribution is 2.24. The summed E-state index contributed by atoms with van der Waals surface area (Å²) < 4.78 is 1.61. The van der Waals surface area contributed by atoms with Crippen LogP contribution in [0.2, 0.25) is 0 Å². The van der Waals surface area contributed by atoms with Gasteiger partial charge >= 0.3 is 0 Å². The first kappa shape index (κ1) is 16.4. The first-order valence-electron chi connectivity index (χ1n) is 8.14. The summed E-state index contributed by atoms with van der Waals surface area (Å²) in [6, 6.07) is 5.74. The van der Waals surface area contributed by atoms with Crippen molar-refractivity contribution in [3.8, 4) is 0 Å². The summed E-state index contributed by atoms with van der Waals surface area (Å²) in [5.41, 5.74) is 0.265. The molecule has 0 aromatic carbocycles. The van der Waals surface area contributed by atoms with Gasteiger partial charge < -0.3 is 15.3 Å². The summed E-state index contributed by atoms with van der Waals surface area (Å²) in [6.45, 7) is 3.32. The second-order valence-corrected chi connectivity index (χ2v) is 6.42. The minimum Gasteiger partial charge on any atom is -0.386 e. The van der Waals surface area contributed by atoms with Crippen molar-refractivity contribution >= 4 is 11.7 Å². The average molecular weight is 329 g/mol. The van der Waals surface area contributed by atoms with Crippen LogP contribution in [0, 0.1) is 6.92 Å². The van der Waals surface area contributed by atoms with Gasteiger partial charge in [0.2, 0.25) is 0 Å². The third-order valence-corrected chi connectivity index (χ3v) is 4.36. The molecule has 0 saturated carbocycles. The summed E-state index contributed by atoms with van der Waals surface area (Å²) in [6.07, 6.45) is 4.95. The fraction of sp³-hybridized carbons (Fsp3) is 0.471. The second-order valence-electron chi connectivity index (χ2n) is 6.42. The molecule has 1 aliphatic rings. The first-order valence-corrected chi connectivity index (χ1v) is 8.14. The summed E-state index contributed by atoms with van der Waals surface area (Å²) in [5.74, 6) is 0.647. The predicted molar refractivity (Wildman–Crippen MR) is 90.9 cm³/mol. The van der Waals surface area contributed by atoms with Crippen LogP contribution in [0.15, 0.2) is 30.6 Å². The van der Waals surface area contributed by atoms with Gasteiger partial charge in [-0.1, -0.05) is 6.07 Å². The van der Waals surface area contributed by atoms with Crippen molar-refractivity contribution < 1.29 is 9.90 Å². The van der Waals surface area contributed by atoms with Crippen LogP contribution in [0.25, 0.3) is 0 Å². The molecule has 3 rings (SSSR count). The largest absolute Gasteiger partial charge is 0.386 e. The molecule has 2 aromatic heterocycles. The van der Waals surface area contributed by atoms with Crippen molar-refractivity contribution in [2.24, 2.45) is 7.05 Å². The van der Waals surface area contributed by atoms with Crippen LogP contribution < -0.4 is 10.2 Å². The number of aliphatic hydroxyl groups is 1. The molecule has 7 heteroatoms. The van der Waals surface area contributed by atoms with Gasteiger partial charge in [-0.3, -0.25) is 9.48 Å². The molecule has 24 heavy (non-hydrogen) atoms. The zero-order valence-electron chi connectivity index (χ0n) is 14.1. The summed E-state index contributed by atoms with van der Waals surface area (Å²) in [7, 11) is 1.78. The molecule has 128 valence electrons. The highest BCUT2D eigenvalue weighted by molar-refractivity contribution is 5.95. The fourth-order valence-electron chi connectivity index (χ4n) is 3.16. The van der Waals surface area contributed by atoms with Crippen LogP contribution in [0.5, 0.6) is 0 Å². The molecule has 3 heterocycles. The van der Waals surface area contributed by atoms with E-state index in [0.717, 1.165) is 18.8 Å². The van der Waals surface area contributed by atoms with E-state index in [1.807, 2.05) is 18.2 Å². The zero-order chi connectivity index (χ0) is 17.2. The Hall–Kier alpha value is -2.41. The number of rotatable bonds is 4. The van der Waals surface area contributed by atoms with E-state index in [2.05, 4.69) is 20.3 Å². The van der Waals surface area contributed by atoms with E-state index in [-0.39, 0.29) is 12.5 Å². The molecule has 7 nitrogen and oxygen atoms in total. The van der Waals surface area contributed by atoms with Crippen LogP contribution in [-0.4, -0.2) is 51.0 Å². The van der Waals surface area contributed by atoms with Gasteiger partial charge in [0, 0.05) is 39.1 Å². The van der Waals surface area contributed by atoms with E-state index in [4.69, 9.17) is 0 Å². The molecular weight excluding hydrogens is 306 g/mol. The number of anilines is 1. The number of β-amino-alcohol motifs (C(OH)–C–C–N with tert-alkyl or cyclic N) is 1. The van der Waals surface area contributed by atoms with Crippen LogP contribution in [0.4, 0.5) is 5.82 Å². The van der Waals surface area contributed by atoms with Crippen molar-refractivity contribution in [1.82, 2.24) is 20.1 Å². The number of nitrogens with zero attached hydrogens (tertiary/aromatic N) is 4. The molecule has 0 bridgehead atoms. The van der Waals surface area contributed by atoms with Crippen LogP contribution in [0.3, 0.4) is 0 Å². The third kappa shape index (κ3) is 3.56. The number of aryl methyl sites for hydroxylation is 2. The lowest BCUT2D eigenvalue weighted by Gasteiger charge is -2.39. The number of hydrogen-bond acceptors (Lipinski definition) is 5. The fourth-order valence-corrected chi connectivity index (χ4v) is 3.16. The minimum absolute atomic E-state index is 0.205. The Labute approximate surface area is 141 Å². The maximum atomic E-state index is 12.3. The predicted octanol–water partition coefficient (Wildman–Crippen LogP) is 0.885. The normalized spacial score (nSPS) is 20.9. The quantitative estimate of drug-likeness (QED) is 0.870. The third-order valence-electron chi connectivity index (χ3n) is 4.36. The number of hydrogen-bond donors (Lipinski definition) is 2. The van der Waals surface area contributed by atoms with Gasteiger partial charge in [-0.2, -0.15) is 5.10 Å². The van der Waals surface area contributed by atoms with E-state index >= 15 is 0 Å². The first-order chi connectivity index (χ1) is 11.5. The van der Waals surface area contributed by atoms with E-state index in [0.29, 0.717) is 24.2 Å². The SMILES string of the molecule is Cc1nn(C)cc1C(=O)NCC1(O)CCCN(c2ccccn2)C1. The Morgan fingerprint density at radius 1 is 1.46 bits per heavy atom. The molecule has 1 amide bonds. The molecule has 2 aromatic rings. The second kappa shape index (κ2) is 6.60. The molecule has 1 fully saturated rings. The Balaban J connectivity index is 1.63. The summed E-state index contributed by atoms with van der Waals surface area (Å²) in [5, 5.41) is 17.9. The smallest absolute Gasteiger partial charge is 0.254 e. The average Bonchev–Trinajstić information content (AvgIpc) is 2.92. The maximum Gasteiger partial charge on any atom is 0.254 e. The number of carbonyl (C=O) groups is 1.